The molecule has 3 heterocycles. The Morgan fingerprint density at radius 1 is 1.17 bits per heavy atom. The molecule has 0 radical (unpaired) electrons. The Morgan fingerprint density at radius 2 is 2.00 bits per heavy atom. The number of nitrogens with zero attached hydrogens (tertiary/aromatic N) is 5. The number of fused-ring (bicyclic) bond motifs is 1. The lowest BCUT2D eigenvalue weighted by Gasteiger charge is -2.28. The zero-order valence-electron chi connectivity index (χ0n) is 17.3. The molecular weight excluding hydrogens is 362 g/mol. The highest BCUT2D eigenvalue weighted by Gasteiger charge is 2.24. The van der Waals surface area contributed by atoms with Crippen molar-refractivity contribution in [3.8, 4) is 0 Å². The summed E-state index contributed by atoms with van der Waals surface area (Å²) in [6, 6.07) is 12.7. The van der Waals surface area contributed by atoms with Crippen LogP contribution in [0.15, 0.2) is 48.9 Å². The van der Waals surface area contributed by atoms with E-state index in [0.717, 1.165) is 56.5 Å². The smallest absolute Gasteiger partial charge is 0.255 e. The van der Waals surface area contributed by atoms with E-state index in [-0.39, 0.29) is 5.91 Å². The molecule has 1 atom stereocenters. The summed E-state index contributed by atoms with van der Waals surface area (Å²) in [4.78, 5) is 26.4. The quantitative estimate of drug-likeness (QED) is 0.670. The van der Waals surface area contributed by atoms with Gasteiger partial charge >= 0.3 is 0 Å². The molecule has 1 aromatic carbocycles. The molecule has 0 spiro atoms. The van der Waals surface area contributed by atoms with Crippen LogP contribution in [0.5, 0.6) is 0 Å². The second-order valence-corrected chi connectivity index (χ2v) is 8.10. The average Bonchev–Trinajstić information content (AvgIpc) is 2.97. The van der Waals surface area contributed by atoms with Crippen molar-refractivity contribution < 1.29 is 4.79 Å². The second kappa shape index (κ2) is 8.74. The Kier molecular flexibility index (Phi) is 5.90. The minimum absolute atomic E-state index is 0.0620. The lowest BCUT2D eigenvalue weighted by Crippen LogP contribution is -2.42. The van der Waals surface area contributed by atoms with Gasteiger partial charge in [-0.25, -0.2) is 9.97 Å². The third kappa shape index (κ3) is 4.48. The van der Waals surface area contributed by atoms with E-state index in [2.05, 4.69) is 57.8 Å². The maximum absolute atomic E-state index is 13.1. The zero-order chi connectivity index (χ0) is 20.2. The summed E-state index contributed by atoms with van der Waals surface area (Å²) in [5.41, 5.74) is 3.53. The number of likely N-dealkylation sites (N-methyl/N-ethyl adjacent to an activating group) is 1. The highest BCUT2D eigenvalue weighted by molar-refractivity contribution is 5.96. The van der Waals surface area contributed by atoms with Crippen LogP contribution >= 0.6 is 0 Å². The summed E-state index contributed by atoms with van der Waals surface area (Å²) in [6.45, 7) is 2.40. The molecule has 6 nitrogen and oxygen atoms in total. The fourth-order valence-electron chi connectivity index (χ4n) is 4.03. The van der Waals surface area contributed by atoms with Gasteiger partial charge in [-0.2, -0.15) is 0 Å². The normalized spacial score (nSPS) is 17.6. The van der Waals surface area contributed by atoms with Crippen molar-refractivity contribution >= 4 is 17.1 Å². The number of aryl methyl sites for hydroxylation is 2. The van der Waals surface area contributed by atoms with Crippen LogP contribution in [-0.2, 0) is 13.0 Å². The maximum Gasteiger partial charge on any atom is 0.255 e. The Morgan fingerprint density at radius 3 is 2.79 bits per heavy atom. The molecule has 6 heteroatoms. The van der Waals surface area contributed by atoms with Crippen molar-refractivity contribution in [2.24, 2.45) is 0 Å². The van der Waals surface area contributed by atoms with E-state index in [1.54, 1.807) is 6.20 Å². The Labute approximate surface area is 172 Å². The van der Waals surface area contributed by atoms with Crippen LogP contribution < -0.4 is 0 Å². The van der Waals surface area contributed by atoms with Gasteiger partial charge in [0.25, 0.3) is 5.91 Å². The summed E-state index contributed by atoms with van der Waals surface area (Å²) in [7, 11) is 4.18. The van der Waals surface area contributed by atoms with Crippen LogP contribution in [-0.4, -0.2) is 63.5 Å². The molecule has 3 aromatic rings. The Bertz CT molecular complexity index is 966. The third-order valence-corrected chi connectivity index (χ3v) is 5.85. The summed E-state index contributed by atoms with van der Waals surface area (Å²) >= 11 is 0. The number of imidazole rings is 1. The molecule has 1 aliphatic heterocycles. The first-order valence-corrected chi connectivity index (χ1v) is 10.4. The van der Waals surface area contributed by atoms with Gasteiger partial charge in [-0.3, -0.25) is 4.79 Å². The van der Waals surface area contributed by atoms with E-state index in [4.69, 9.17) is 0 Å². The van der Waals surface area contributed by atoms with Gasteiger partial charge in [0.2, 0.25) is 0 Å². The van der Waals surface area contributed by atoms with Gasteiger partial charge < -0.3 is 14.4 Å². The number of benzene rings is 1. The molecule has 1 amide bonds. The van der Waals surface area contributed by atoms with Gasteiger partial charge in [0.05, 0.1) is 11.9 Å². The zero-order valence-corrected chi connectivity index (χ0v) is 17.3. The lowest BCUT2D eigenvalue weighted by atomic mass is 10.1. The highest BCUT2D eigenvalue weighted by atomic mass is 16.2. The van der Waals surface area contributed by atoms with Crippen molar-refractivity contribution in [2.45, 2.75) is 38.3 Å². The fourth-order valence-corrected chi connectivity index (χ4v) is 4.03. The minimum Gasteiger partial charge on any atom is -0.337 e. The van der Waals surface area contributed by atoms with E-state index < -0.39 is 0 Å². The van der Waals surface area contributed by atoms with Crippen molar-refractivity contribution in [3.05, 3.63) is 60.0 Å². The summed E-state index contributed by atoms with van der Waals surface area (Å²) in [6.07, 6.45) is 7.81. The van der Waals surface area contributed by atoms with Crippen molar-refractivity contribution in [1.29, 1.82) is 0 Å². The lowest BCUT2D eigenvalue weighted by molar-refractivity contribution is 0.0725. The van der Waals surface area contributed by atoms with Crippen molar-refractivity contribution in [1.82, 2.24) is 24.3 Å². The number of pyridine rings is 1. The van der Waals surface area contributed by atoms with E-state index >= 15 is 0 Å². The predicted octanol–water partition coefficient (Wildman–Crippen LogP) is 3.23. The van der Waals surface area contributed by atoms with Gasteiger partial charge in [-0.1, -0.05) is 36.8 Å². The van der Waals surface area contributed by atoms with E-state index in [9.17, 15) is 4.79 Å². The van der Waals surface area contributed by atoms with Crippen LogP contribution in [0.2, 0.25) is 0 Å². The van der Waals surface area contributed by atoms with Gasteiger partial charge in [0, 0.05) is 31.9 Å². The number of rotatable bonds is 5. The van der Waals surface area contributed by atoms with Gasteiger partial charge in [-0.05, 0) is 45.0 Å². The number of carbonyl (C=O) groups is 1. The first-order valence-electron chi connectivity index (χ1n) is 10.4. The predicted molar refractivity (Wildman–Crippen MR) is 115 cm³/mol. The summed E-state index contributed by atoms with van der Waals surface area (Å²) in [5.74, 6) is 0.0620. The van der Waals surface area contributed by atoms with Gasteiger partial charge in [0.15, 0.2) is 5.65 Å². The highest BCUT2D eigenvalue weighted by Crippen LogP contribution is 2.19. The molecule has 29 heavy (non-hydrogen) atoms. The Balaban J connectivity index is 1.49. The number of amides is 1. The van der Waals surface area contributed by atoms with E-state index in [1.807, 2.05) is 23.4 Å². The molecule has 4 rings (SSSR count). The number of aromatic nitrogens is 3. The minimum atomic E-state index is 0.0620. The monoisotopic (exact) mass is 391 g/mol. The molecule has 1 saturated heterocycles. The number of hydrogen-bond donors (Lipinski definition) is 0. The first kappa shape index (κ1) is 19.6. The summed E-state index contributed by atoms with van der Waals surface area (Å²) < 4.78 is 2.06. The van der Waals surface area contributed by atoms with Gasteiger partial charge in [0.1, 0.15) is 5.52 Å². The molecule has 2 aromatic heterocycles. The van der Waals surface area contributed by atoms with E-state index in [1.165, 1.54) is 5.56 Å². The standard InChI is InChI=1S/C23H29N5O/c1-26(2)20-10-6-7-12-27(16-20)23(29)19-14-21-22(24-15-19)28(17-25-21)13-11-18-8-4-3-5-9-18/h3-5,8-9,14-15,17,20H,6-7,10-13,16H2,1-2H3. The maximum atomic E-state index is 13.1. The van der Waals surface area contributed by atoms with Crippen molar-refractivity contribution in [3.63, 3.8) is 0 Å². The van der Waals surface area contributed by atoms with Crippen LogP contribution in [0.1, 0.15) is 35.2 Å². The van der Waals surface area contributed by atoms with Gasteiger partial charge in [-0.15, -0.1) is 0 Å². The topological polar surface area (TPSA) is 54.3 Å². The number of carbonyl (C=O) groups excluding carboxylic acids is 1. The van der Waals surface area contributed by atoms with Crippen LogP contribution in [0.3, 0.4) is 0 Å². The molecule has 1 unspecified atom stereocenters. The first-order chi connectivity index (χ1) is 14.1. The summed E-state index contributed by atoms with van der Waals surface area (Å²) in [5, 5.41) is 0. The second-order valence-electron chi connectivity index (χ2n) is 8.10. The fraction of sp³-hybridized carbons (Fsp3) is 0.435. The SMILES string of the molecule is CN(C)C1CCCCN(C(=O)c2cnc3c(c2)ncn3CCc2ccccc2)C1. The number of likely N-dealkylation sites (tertiary alicyclic amines) is 1. The Hall–Kier alpha value is -2.73. The third-order valence-electron chi connectivity index (χ3n) is 5.85. The molecule has 152 valence electrons. The molecule has 1 fully saturated rings. The van der Waals surface area contributed by atoms with Crippen molar-refractivity contribution in [2.75, 3.05) is 27.2 Å². The molecule has 0 saturated carbocycles. The molecule has 1 aliphatic rings. The largest absolute Gasteiger partial charge is 0.337 e. The van der Waals surface area contributed by atoms with Crippen LogP contribution in [0.25, 0.3) is 11.2 Å². The molecule has 0 aliphatic carbocycles. The van der Waals surface area contributed by atoms with E-state index in [0.29, 0.717) is 11.6 Å². The van der Waals surface area contributed by atoms with Crippen LogP contribution in [0, 0.1) is 0 Å². The number of hydrogen-bond acceptors (Lipinski definition) is 4. The van der Waals surface area contributed by atoms with Crippen LogP contribution in [0.4, 0.5) is 0 Å². The molecular formula is C23H29N5O. The molecule has 0 N–H and O–H groups in total. The molecule has 0 bridgehead atoms. The average molecular weight is 392 g/mol.